The number of hydrogen-bond acceptors (Lipinski definition) is 2. The Morgan fingerprint density at radius 1 is 0.789 bits per heavy atom. The van der Waals surface area contributed by atoms with Gasteiger partial charge in [-0.2, -0.15) is 0 Å². The van der Waals surface area contributed by atoms with Crippen molar-refractivity contribution in [1.82, 2.24) is 16.0 Å². The van der Waals surface area contributed by atoms with Crippen molar-refractivity contribution in [2.45, 2.75) is 48.0 Å². The number of amides is 3. The van der Waals surface area contributed by atoms with Gasteiger partial charge in [0.05, 0.1) is 0 Å². The fraction of sp³-hybridized carbons (Fsp3) is 0.857. The average Bonchev–Trinajstić information content (AvgIpc) is 2.18. The molecule has 0 saturated heterocycles. The first-order valence-corrected chi connectivity index (χ1v) is 6.78. The fourth-order valence-electron chi connectivity index (χ4n) is 1.33. The second-order valence-electron chi connectivity index (χ2n) is 7.26. The van der Waals surface area contributed by atoms with E-state index in [0.29, 0.717) is 26.1 Å². The molecule has 0 bridgehead atoms. The van der Waals surface area contributed by atoms with Crippen LogP contribution in [0.2, 0.25) is 0 Å². The summed E-state index contributed by atoms with van der Waals surface area (Å²) < 4.78 is 0. The Hall–Kier alpha value is -1.26. The van der Waals surface area contributed by atoms with Gasteiger partial charge in [0.15, 0.2) is 0 Å². The molecule has 112 valence electrons. The van der Waals surface area contributed by atoms with E-state index in [1.807, 2.05) is 20.8 Å². The molecule has 0 radical (unpaired) electrons. The maximum atomic E-state index is 11.5. The van der Waals surface area contributed by atoms with Crippen LogP contribution in [0.5, 0.6) is 0 Å². The summed E-state index contributed by atoms with van der Waals surface area (Å²) in [4.78, 5) is 22.9. The Labute approximate surface area is 116 Å². The van der Waals surface area contributed by atoms with Gasteiger partial charge in [-0.3, -0.25) is 4.79 Å². The molecule has 19 heavy (non-hydrogen) atoms. The van der Waals surface area contributed by atoms with Crippen LogP contribution >= 0.6 is 0 Å². The van der Waals surface area contributed by atoms with Gasteiger partial charge < -0.3 is 16.0 Å². The van der Waals surface area contributed by atoms with Crippen molar-refractivity contribution in [3.8, 4) is 0 Å². The lowest BCUT2D eigenvalue weighted by Gasteiger charge is -2.19. The third-order valence-electron chi connectivity index (χ3n) is 2.20. The molecule has 0 aromatic heterocycles. The molecule has 0 rings (SSSR count). The predicted molar refractivity (Wildman–Crippen MR) is 77.9 cm³/mol. The van der Waals surface area contributed by atoms with Crippen LogP contribution in [0, 0.1) is 10.8 Å². The van der Waals surface area contributed by atoms with Crippen molar-refractivity contribution >= 4 is 11.9 Å². The van der Waals surface area contributed by atoms with E-state index in [1.165, 1.54) is 0 Å². The fourth-order valence-corrected chi connectivity index (χ4v) is 1.33. The lowest BCUT2D eigenvalue weighted by atomic mass is 9.92. The van der Waals surface area contributed by atoms with Crippen LogP contribution < -0.4 is 16.0 Å². The minimum absolute atomic E-state index is 0.0123. The summed E-state index contributed by atoms with van der Waals surface area (Å²) in [7, 11) is 0. The van der Waals surface area contributed by atoms with Crippen molar-refractivity contribution in [1.29, 1.82) is 0 Å². The molecule has 0 aromatic carbocycles. The predicted octanol–water partition coefficient (Wildman–Crippen LogP) is 1.88. The largest absolute Gasteiger partial charge is 0.354 e. The quantitative estimate of drug-likeness (QED) is 0.668. The van der Waals surface area contributed by atoms with Gasteiger partial charge in [0, 0.05) is 26.1 Å². The molecular weight excluding hydrogens is 242 g/mol. The Bertz CT molecular complexity index is 301. The Morgan fingerprint density at radius 3 is 1.79 bits per heavy atom. The number of urea groups is 1. The first-order valence-electron chi connectivity index (χ1n) is 6.78. The second-order valence-corrected chi connectivity index (χ2v) is 7.26. The number of hydrogen-bond donors (Lipinski definition) is 3. The Balaban J connectivity index is 3.64. The maximum absolute atomic E-state index is 11.5. The van der Waals surface area contributed by atoms with Crippen LogP contribution in [-0.4, -0.2) is 31.6 Å². The summed E-state index contributed by atoms with van der Waals surface area (Å²) in [6, 6.07) is -0.194. The average molecular weight is 271 g/mol. The highest BCUT2D eigenvalue weighted by Gasteiger charge is 2.15. The van der Waals surface area contributed by atoms with Crippen LogP contribution in [0.25, 0.3) is 0 Å². The highest BCUT2D eigenvalue weighted by molar-refractivity contribution is 5.76. The number of nitrogens with one attached hydrogen (secondary N) is 3. The van der Waals surface area contributed by atoms with Crippen LogP contribution in [0.1, 0.15) is 48.0 Å². The molecule has 0 fully saturated rings. The summed E-state index contributed by atoms with van der Waals surface area (Å²) in [6.07, 6.45) is 0.489. The van der Waals surface area contributed by atoms with Crippen LogP contribution in [0.3, 0.4) is 0 Å². The second kappa shape index (κ2) is 7.36. The molecule has 5 nitrogen and oxygen atoms in total. The van der Waals surface area contributed by atoms with Gasteiger partial charge in [-0.25, -0.2) is 4.79 Å². The summed E-state index contributed by atoms with van der Waals surface area (Å²) >= 11 is 0. The standard InChI is InChI=1S/C14H29N3O2/c1-13(2,3)9-11(18)15-7-8-16-12(19)17-10-14(4,5)6/h7-10H2,1-6H3,(H,15,18)(H2,16,17,19). The smallest absolute Gasteiger partial charge is 0.314 e. The molecule has 0 unspecified atom stereocenters. The van der Waals surface area contributed by atoms with E-state index in [0.717, 1.165) is 0 Å². The number of rotatable bonds is 5. The van der Waals surface area contributed by atoms with E-state index in [1.54, 1.807) is 0 Å². The van der Waals surface area contributed by atoms with E-state index in [4.69, 9.17) is 0 Å². The molecule has 0 aliphatic carbocycles. The molecule has 0 heterocycles. The highest BCUT2D eigenvalue weighted by atomic mass is 16.2. The Kier molecular flexibility index (Phi) is 6.87. The maximum Gasteiger partial charge on any atom is 0.314 e. The molecule has 5 heteroatoms. The number of carbonyl (C=O) groups excluding carboxylic acids is 2. The summed E-state index contributed by atoms with van der Waals surface area (Å²) in [5, 5.41) is 8.28. The SMILES string of the molecule is CC(C)(C)CNC(=O)NCCNC(=O)CC(C)(C)C. The monoisotopic (exact) mass is 271 g/mol. The normalized spacial score (nSPS) is 11.9. The Morgan fingerprint density at radius 2 is 1.32 bits per heavy atom. The minimum atomic E-state index is -0.194. The lowest BCUT2D eigenvalue weighted by molar-refractivity contribution is -0.122. The van der Waals surface area contributed by atoms with Gasteiger partial charge in [-0.1, -0.05) is 41.5 Å². The summed E-state index contributed by atoms with van der Waals surface area (Å²) in [6.45, 7) is 13.7. The molecule has 0 aliphatic heterocycles. The van der Waals surface area contributed by atoms with Gasteiger partial charge >= 0.3 is 6.03 Å². The van der Waals surface area contributed by atoms with E-state index < -0.39 is 0 Å². The molecular formula is C14H29N3O2. The molecule has 0 atom stereocenters. The van der Waals surface area contributed by atoms with Crippen molar-refractivity contribution in [3.05, 3.63) is 0 Å². The third kappa shape index (κ3) is 13.0. The molecule has 3 N–H and O–H groups in total. The lowest BCUT2D eigenvalue weighted by Crippen LogP contribution is -2.43. The van der Waals surface area contributed by atoms with E-state index >= 15 is 0 Å². The van der Waals surface area contributed by atoms with Crippen molar-refractivity contribution in [2.24, 2.45) is 10.8 Å². The molecule has 3 amide bonds. The van der Waals surface area contributed by atoms with Crippen molar-refractivity contribution in [2.75, 3.05) is 19.6 Å². The topological polar surface area (TPSA) is 70.2 Å². The van der Waals surface area contributed by atoms with Crippen LogP contribution in [0.15, 0.2) is 0 Å². The highest BCUT2D eigenvalue weighted by Crippen LogP contribution is 2.17. The molecule has 0 aromatic rings. The van der Waals surface area contributed by atoms with Gasteiger partial charge in [0.2, 0.25) is 5.91 Å². The van der Waals surface area contributed by atoms with Crippen LogP contribution in [-0.2, 0) is 4.79 Å². The molecule has 0 spiro atoms. The summed E-state index contributed by atoms with van der Waals surface area (Å²) in [5.41, 5.74) is 0.0554. The zero-order valence-corrected chi connectivity index (χ0v) is 13.1. The van der Waals surface area contributed by atoms with Gasteiger partial charge in [-0.05, 0) is 10.8 Å². The first-order chi connectivity index (χ1) is 8.49. The van der Waals surface area contributed by atoms with E-state index in [9.17, 15) is 9.59 Å². The zero-order chi connectivity index (χ0) is 15.1. The van der Waals surface area contributed by atoms with Gasteiger partial charge in [0.25, 0.3) is 0 Å². The minimum Gasteiger partial charge on any atom is -0.354 e. The molecule has 0 aliphatic rings. The number of carbonyl (C=O) groups is 2. The van der Waals surface area contributed by atoms with Crippen LogP contribution in [0.4, 0.5) is 4.79 Å². The summed E-state index contributed by atoms with van der Waals surface area (Å²) in [5.74, 6) is 0.0180. The van der Waals surface area contributed by atoms with E-state index in [-0.39, 0.29) is 22.8 Å². The van der Waals surface area contributed by atoms with Gasteiger partial charge in [-0.15, -0.1) is 0 Å². The first kappa shape index (κ1) is 17.7. The van der Waals surface area contributed by atoms with Gasteiger partial charge in [0.1, 0.15) is 0 Å². The van der Waals surface area contributed by atoms with E-state index in [2.05, 4.69) is 36.7 Å². The van der Waals surface area contributed by atoms with Crippen molar-refractivity contribution < 1.29 is 9.59 Å². The third-order valence-corrected chi connectivity index (χ3v) is 2.20. The van der Waals surface area contributed by atoms with Crippen molar-refractivity contribution in [3.63, 3.8) is 0 Å². The zero-order valence-electron chi connectivity index (χ0n) is 13.1. The molecule has 0 saturated carbocycles.